The van der Waals surface area contributed by atoms with Crippen molar-refractivity contribution in [2.45, 2.75) is 131 Å². The summed E-state index contributed by atoms with van der Waals surface area (Å²) in [6, 6.07) is 9.95. The minimum absolute atomic E-state index is 0.491. The third kappa shape index (κ3) is 6.33. The molecule has 248 valence electrons. The van der Waals surface area contributed by atoms with Gasteiger partial charge in [-0.3, -0.25) is 4.79 Å². The molecule has 1 aromatic heterocycles. The maximum absolute atomic E-state index is 10.5. The van der Waals surface area contributed by atoms with Crippen LogP contribution in [-0.4, -0.2) is 16.4 Å². The summed E-state index contributed by atoms with van der Waals surface area (Å²) in [6.45, 7) is 19.8. The van der Waals surface area contributed by atoms with Crippen LogP contribution in [0.3, 0.4) is 0 Å². The maximum Gasteiger partial charge on any atom is 0.207 e. The van der Waals surface area contributed by atoms with Crippen LogP contribution in [-0.2, 0) is 10.3 Å². The first-order valence-corrected chi connectivity index (χ1v) is 18.3. The number of H-pyrrole nitrogens is 1. The summed E-state index contributed by atoms with van der Waals surface area (Å²) in [6.07, 6.45) is 22.8. The van der Waals surface area contributed by atoms with E-state index in [-0.39, 0.29) is 0 Å². The van der Waals surface area contributed by atoms with E-state index in [0.29, 0.717) is 17.2 Å². The Hall–Kier alpha value is -2.36. The third-order valence-corrected chi connectivity index (χ3v) is 14.0. The highest BCUT2D eigenvalue weighted by Crippen LogP contribution is 2.71. The molecule has 1 aromatic carbocycles. The van der Waals surface area contributed by atoms with E-state index in [9.17, 15) is 4.79 Å². The van der Waals surface area contributed by atoms with Crippen LogP contribution in [0.25, 0.3) is 11.3 Å². The molecule has 5 aliphatic carbocycles. The first-order valence-electron chi connectivity index (χ1n) is 18.3. The fraction of sp³-hybridized carbons (Fsp3) is 0.707. The van der Waals surface area contributed by atoms with E-state index in [1.165, 1.54) is 19.3 Å². The number of rotatable bonds is 4. The van der Waals surface area contributed by atoms with Gasteiger partial charge in [0.25, 0.3) is 0 Å². The molecule has 1 heterocycles. The van der Waals surface area contributed by atoms with Crippen molar-refractivity contribution in [2.75, 3.05) is 0 Å². The standard InChI is InChI=1S/C25H42.C13H15N3O.C3H6/c1-17-7-5-14-24(3)19(17)12-16-25(4)21-11-15-23(2)13-6-8-20(23)18(21)9-10-22(24)25;1-13(2,15-9-17)12-14-8-11(16-12)10-6-4-3-5-7-10;1-3-2/h17-22H,5-16H2,1-4H3;3-9H,1-2H3,(H,14,16)(H,15,17);3H,1H2,2H3. The number of hydrogen-bond acceptors (Lipinski definition) is 2. The zero-order chi connectivity index (χ0) is 32.5. The number of hydrogen-bond donors (Lipinski definition) is 2. The Kier molecular flexibility index (Phi) is 10.1. The molecule has 9 unspecified atom stereocenters. The number of carbonyl (C=O) groups excluding carboxylic acids is 1. The second kappa shape index (κ2) is 13.4. The summed E-state index contributed by atoms with van der Waals surface area (Å²) < 4.78 is 0. The van der Waals surface area contributed by atoms with Gasteiger partial charge in [-0.2, -0.15) is 0 Å². The Bertz CT molecular complexity index is 1280. The van der Waals surface area contributed by atoms with Crippen LogP contribution in [0.4, 0.5) is 0 Å². The molecular formula is C41H63N3O. The predicted molar refractivity (Wildman–Crippen MR) is 188 cm³/mol. The average Bonchev–Trinajstić information content (AvgIpc) is 3.66. The topological polar surface area (TPSA) is 57.8 Å². The fourth-order valence-corrected chi connectivity index (χ4v) is 11.9. The molecule has 2 N–H and O–H groups in total. The number of allylic oxidation sites excluding steroid dienone is 1. The van der Waals surface area contributed by atoms with E-state index in [1.54, 1.807) is 70.1 Å². The maximum atomic E-state index is 10.5. The fourth-order valence-electron chi connectivity index (χ4n) is 11.9. The molecule has 0 radical (unpaired) electrons. The molecule has 45 heavy (non-hydrogen) atoms. The lowest BCUT2D eigenvalue weighted by Gasteiger charge is -2.67. The van der Waals surface area contributed by atoms with Crippen LogP contribution in [0.5, 0.6) is 0 Å². The highest BCUT2D eigenvalue weighted by atomic mass is 16.1. The van der Waals surface area contributed by atoms with Gasteiger partial charge in [-0.15, -0.1) is 6.58 Å². The van der Waals surface area contributed by atoms with Crippen LogP contribution in [0, 0.1) is 51.8 Å². The van der Waals surface area contributed by atoms with Crippen molar-refractivity contribution in [2.24, 2.45) is 51.8 Å². The Morgan fingerprint density at radius 3 is 2.27 bits per heavy atom. The molecule has 5 saturated carbocycles. The minimum atomic E-state index is -0.491. The Balaban J connectivity index is 0.000000175. The highest BCUT2D eigenvalue weighted by Gasteiger charge is 2.63. The lowest BCUT2D eigenvalue weighted by Crippen LogP contribution is -2.59. The molecule has 0 saturated heterocycles. The Morgan fingerprint density at radius 1 is 0.889 bits per heavy atom. The minimum Gasteiger partial charge on any atom is -0.347 e. The van der Waals surface area contributed by atoms with Gasteiger partial charge in [0.1, 0.15) is 5.82 Å². The number of benzene rings is 1. The smallest absolute Gasteiger partial charge is 0.207 e. The van der Waals surface area contributed by atoms with Crippen molar-refractivity contribution < 1.29 is 4.79 Å². The van der Waals surface area contributed by atoms with Gasteiger partial charge in [0.2, 0.25) is 6.41 Å². The quantitative estimate of drug-likeness (QED) is 0.266. The monoisotopic (exact) mass is 613 g/mol. The van der Waals surface area contributed by atoms with Crippen molar-refractivity contribution in [1.29, 1.82) is 0 Å². The number of fused-ring (bicyclic) bond motifs is 7. The second-order valence-electron chi connectivity index (χ2n) is 16.9. The van der Waals surface area contributed by atoms with Crippen LogP contribution >= 0.6 is 0 Å². The molecule has 0 aliphatic heterocycles. The van der Waals surface area contributed by atoms with Crippen LogP contribution < -0.4 is 5.32 Å². The molecule has 0 bridgehead atoms. The van der Waals surface area contributed by atoms with E-state index in [4.69, 9.17) is 0 Å². The van der Waals surface area contributed by atoms with Gasteiger partial charge >= 0.3 is 0 Å². The average molecular weight is 614 g/mol. The summed E-state index contributed by atoms with van der Waals surface area (Å²) >= 11 is 0. The van der Waals surface area contributed by atoms with E-state index < -0.39 is 5.54 Å². The molecule has 4 nitrogen and oxygen atoms in total. The van der Waals surface area contributed by atoms with E-state index in [2.05, 4.69) is 49.6 Å². The normalized spacial score (nSPS) is 38.4. The van der Waals surface area contributed by atoms with Gasteiger partial charge < -0.3 is 10.3 Å². The number of amides is 1. The predicted octanol–water partition coefficient (Wildman–Crippen LogP) is 10.7. The van der Waals surface area contributed by atoms with Crippen molar-refractivity contribution >= 4 is 6.41 Å². The molecule has 1 amide bonds. The third-order valence-electron chi connectivity index (χ3n) is 14.0. The molecule has 2 aromatic rings. The van der Waals surface area contributed by atoms with E-state index in [1.807, 2.05) is 51.1 Å². The molecule has 4 heteroatoms. The number of imidazole rings is 1. The van der Waals surface area contributed by atoms with Gasteiger partial charge in [-0.05, 0) is 136 Å². The van der Waals surface area contributed by atoms with Crippen LogP contribution in [0.15, 0.2) is 49.2 Å². The van der Waals surface area contributed by atoms with E-state index in [0.717, 1.165) is 58.0 Å². The summed E-state index contributed by atoms with van der Waals surface area (Å²) in [5.74, 6) is 7.04. The number of aromatic amines is 1. The van der Waals surface area contributed by atoms with E-state index >= 15 is 0 Å². The lowest BCUT2D eigenvalue weighted by molar-refractivity contribution is -0.181. The van der Waals surface area contributed by atoms with Crippen LogP contribution in [0.1, 0.15) is 131 Å². The number of carbonyl (C=O) groups is 1. The van der Waals surface area contributed by atoms with Gasteiger partial charge in [0.15, 0.2) is 0 Å². The zero-order valence-electron chi connectivity index (χ0n) is 29.6. The van der Waals surface area contributed by atoms with Gasteiger partial charge in [0, 0.05) is 0 Å². The zero-order valence-corrected chi connectivity index (χ0v) is 29.6. The number of nitrogens with one attached hydrogen (secondary N) is 2. The van der Waals surface area contributed by atoms with Crippen molar-refractivity contribution in [1.82, 2.24) is 15.3 Å². The first-order chi connectivity index (χ1) is 21.4. The van der Waals surface area contributed by atoms with Gasteiger partial charge in [0.05, 0.1) is 17.4 Å². The highest BCUT2D eigenvalue weighted by molar-refractivity contribution is 5.58. The van der Waals surface area contributed by atoms with Crippen molar-refractivity contribution in [3.63, 3.8) is 0 Å². The molecule has 9 atom stereocenters. The molecule has 7 rings (SSSR count). The summed E-state index contributed by atoms with van der Waals surface area (Å²) in [5, 5.41) is 2.73. The number of aromatic nitrogens is 2. The lowest BCUT2D eigenvalue weighted by atomic mass is 9.38. The molecule has 0 spiro atoms. The van der Waals surface area contributed by atoms with Gasteiger partial charge in [-0.1, -0.05) is 83.4 Å². The Morgan fingerprint density at radius 2 is 1.56 bits per heavy atom. The summed E-state index contributed by atoms with van der Waals surface area (Å²) in [5.41, 5.74) is 3.61. The summed E-state index contributed by atoms with van der Waals surface area (Å²) in [7, 11) is 0. The van der Waals surface area contributed by atoms with Crippen LogP contribution in [0.2, 0.25) is 0 Å². The SMILES string of the molecule is C=CC.CC(C)(NC=O)c1ncc(-c2ccccc2)[nH]1.CC1CCCC2(C)C1CCC1(C)C3CCC4(C)CCCC4C3CCC21. The van der Waals surface area contributed by atoms with Crippen molar-refractivity contribution in [3.05, 3.63) is 55.0 Å². The molecule has 5 aliphatic rings. The largest absolute Gasteiger partial charge is 0.347 e. The number of nitrogens with zero attached hydrogens (tertiary/aromatic N) is 1. The molecular weight excluding hydrogens is 550 g/mol. The van der Waals surface area contributed by atoms with Crippen molar-refractivity contribution in [3.8, 4) is 11.3 Å². The first kappa shape index (κ1) is 34.0. The second-order valence-corrected chi connectivity index (χ2v) is 16.9. The Labute approximate surface area is 275 Å². The molecule has 5 fully saturated rings. The summed E-state index contributed by atoms with van der Waals surface area (Å²) in [4.78, 5) is 18.0. The van der Waals surface area contributed by atoms with Gasteiger partial charge in [-0.25, -0.2) is 4.98 Å².